The second-order valence-corrected chi connectivity index (χ2v) is 7.34. The van der Waals surface area contributed by atoms with Gasteiger partial charge in [0.15, 0.2) is 12.5 Å². The smallest absolute Gasteiger partial charge is 0.207 e. The van der Waals surface area contributed by atoms with Crippen LogP contribution < -0.4 is 9.64 Å². The molecule has 4 rings (SSSR count). The van der Waals surface area contributed by atoms with Crippen molar-refractivity contribution in [3.63, 3.8) is 0 Å². The summed E-state index contributed by atoms with van der Waals surface area (Å²) in [5, 5.41) is 4.92. The van der Waals surface area contributed by atoms with Crippen LogP contribution in [0.2, 0.25) is 0 Å². The summed E-state index contributed by atoms with van der Waals surface area (Å²) < 4.78 is 10.2. The monoisotopic (exact) mass is 381 g/mol. The third kappa shape index (κ3) is 3.82. The van der Waals surface area contributed by atoms with Gasteiger partial charge in [-0.1, -0.05) is 30.3 Å². The van der Waals surface area contributed by atoms with E-state index in [1.54, 1.807) is 12.0 Å². The van der Waals surface area contributed by atoms with Gasteiger partial charge in [0.05, 0.1) is 20.2 Å². The zero-order chi connectivity index (χ0) is 18.6. The average Bonchev–Trinajstić information content (AvgIpc) is 3.05. The summed E-state index contributed by atoms with van der Waals surface area (Å²) in [5.41, 5.74) is 2.02. The Morgan fingerprint density at radius 1 is 1.04 bits per heavy atom. The number of methoxy groups -OCH3 is 1. The van der Waals surface area contributed by atoms with Gasteiger partial charge in [0.1, 0.15) is 5.75 Å². The minimum Gasteiger partial charge on any atom is -0.497 e. The van der Waals surface area contributed by atoms with Crippen molar-refractivity contribution < 1.29 is 9.64 Å². The molecule has 1 N–H and O–H groups in total. The Hall–Kier alpha value is -2.44. The van der Waals surface area contributed by atoms with E-state index in [1.165, 1.54) is 32.4 Å². The number of nitrogens with zero attached hydrogens (tertiary/aromatic N) is 3. The molecule has 0 atom stereocenters. The topological polar surface area (TPSA) is 36.4 Å². The van der Waals surface area contributed by atoms with Crippen LogP contribution in [0, 0.1) is 4.77 Å². The van der Waals surface area contributed by atoms with Crippen molar-refractivity contribution in [3.05, 3.63) is 59.4 Å². The van der Waals surface area contributed by atoms with Crippen LogP contribution in [0.4, 0.5) is 0 Å². The van der Waals surface area contributed by atoms with Gasteiger partial charge in [0.2, 0.25) is 4.77 Å². The molecule has 0 spiro atoms. The highest BCUT2D eigenvalue weighted by molar-refractivity contribution is 7.71. The number of hydrogen-bond donors (Lipinski definition) is 1. The molecule has 1 aliphatic heterocycles. The second kappa shape index (κ2) is 8.06. The predicted octanol–water partition coefficient (Wildman–Crippen LogP) is 3.11. The van der Waals surface area contributed by atoms with E-state index in [4.69, 9.17) is 22.1 Å². The Morgan fingerprint density at radius 2 is 1.81 bits per heavy atom. The first-order valence-corrected chi connectivity index (χ1v) is 9.90. The lowest BCUT2D eigenvalue weighted by atomic mass is 10.1. The van der Waals surface area contributed by atoms with Gasteiger partial charge in [-0.2, -0.15) is 4.68 Å². The lowest BCUT2D eigenvalue weighted by molar-refractivity contribution is -0.928. The van der Waals surface area contributed by atoms with E-state index >= 15 is 0 Å². The van der Waals surface area contributed by atoms with Crippen molar-refractivity contribution in [2.75, 3.05) is 20.2 Å². The summed E-state index contributed by atoms with van der Waals surface area (Å²) in [5.74, 6) is 1.66. The molecule has 140 valence electrons. The van der Waals surface area contributed by atoms with Crippen LogP contribution in [-0.4, -0.2) is 34.5 Å². The first kappa shape index (κ1) is 17.9. The molecule has 5 nitrogen and oxygen atoms in total. The summed E-state index contributed by atoms with van der Waals surface area (Å²) in [6.07, 6.45) is 3.90. The Morgan fingerprint density at radius 3 is 2.56 bits per heavy atom. The number of hydrogen-bond acceptors (Lipinski definition) is 3. The molecule has 1 aromatic heterocycles. The molecule has 1 aliphatic rings. The van der Waals surface area contributed by atoms with Gasteiger partial charge in [-0.25, -0.2) is 0 Å². The van der Waals surface area contributed by atoms with Crippen molar-refractivity contribution in [2.24, 2.45) is 0 Å². The second-order valence-electron chi connectivity index (χ2n) is 6.98. The van der Waals surface area contributed by atoms with Crippen molar-refractivity contribution >= 4 is 12.2 Å². The van der Waals surface area contributed by atoms with Crippen LogP contribution in [0.15, 0.2) is 54.6 Å². The minimum atomic E-state index is 0.733. The number of nitrogens with one attached hydrogen (secondary N) is 1. The zero-order valence-corrected chi connectivity index (χ0v) is 16.4. The molecule has 0 amide bonds. The highest BCUT2D eigenvalue weighted by Crippen LogP contribution is 2.25. The van der Waals surface area contributed by atoms with Gasteiger partial charge in [-0.05, 0) is 55.7 Å². The lowest BCUT2D eigenvalue weighted by Crippen LogP contribution is -3.12. The fourth-order valence-corrected chi connectivity index (χ4v) is 3.99. The molecule has 0 aliphatic carbocycles. The van der Waals surface area contributed by atoms with Crippen molar-refractivity contribution in [3.8, 4) is 22.8 Å². The highest BCUT2D eigenvalue weighted by atomic mass is 32.1. The molecule has 2 aromatic carbocycles. The molecule has 6 heteroatoms. The molecule has 2 heterocycles. The Bertz CT molecular complexity index is 958. The van der Waals surface area contributed by atoms with E-state index in [1.807, 2.05) is 41.1 Å². The van der Waals surface area contributed by atoms with E-state index in [9.17, 15) is 0 Å². The van der Waals surface area contributed by atoms with Crippen LogP contribution in [0.1, 0.15) is 19.3 Å². The zero-order valence-electron chi connectivity index (χ0n) is 15.6. The minimum absolute atomic E-state index is 0.733. The van der Waals surface area contributed by atoms with Crippen molar-refractivity contribution in [1.29, 1.82) is 0 Å². The SMILES string of the molecule is COc1cccc(-c2nn(C[NH+]3CCCCC3)c(=S)n2-c2ccccc2)c1. The summed E-state index contributed by atoms with van der Waals surface area (Å²) >= 11 is 5.84. The number of rotatable bonds is 5. The van der Waals surface area contributed by atoms with E-state index < -0.39 is 0 Å². The summed E-state index contributed by atoms with van der Waals surface area (Å²) in [7, 11) is 1.68. The fourth-order valence-electron chi connectivity index (χ4n) is 3.69. The lowest BCUT2D eigenvalue weighted by Gasteiger charge is -2.22. The van der Waals surface area contributed by atoms with Gasteiger partial charge in [-0.15, -0.1) is 5.10 Å². The van der Waals surface area contributed by atoms with Crippen LogP contribution in [-0.2, 0) is 6.67 Å². The predicted molar refractivity (Wildman–Crippen MR) is 109 cm³/mol. The van der Waals surface area contributed by atoms with Crippen LogP contribution in [0.3, 0.4) is 0 Å². The fraction of sp³-hybridized carbons (Fsp3) is 0.333. The Kier molecular flexibility index (Phi) is 5.36. The molecule has 27 heavy (non-hydrogen) atoms. The van der Waals surface area contributed by atoms with E-state index in [0.29, 0.717) is 0 Å². The maximum absolute atomic E-state index is 5.84. The molecule has 0 saturated carbocycles. The van der Waals surface area contributed by atoms with Crippen LogP contribution >= 0.6 is 12.2 Å². The van der Waals surface area contributed by atoms with Gasteiger partial charge in [0.25, 0.3) is 0 Å². The quantitative estimate of drug-likeness (QED) is 0.690. The maximum Gasteiger partial charge on any atom is 0.207 e. The average molecular weight is 382 g/mol. The molecule has 0 radical (unpaired) electrons. The highest BCUT2D eigenvalue weighted by Gasteiger charge is 2.19. The first-order chi connectivity index (χ1) is 13.3. The van der Waals surface area contributed by atoms with Crippen LogP contribution in [0.25, 0.3) is 17.1 Å². The van der Waals surface area contributed by atoms with Gasteiger partial charge in [0, 0.05) is 11.3 Å². The number of ether oxygens (including phenoxy) is 1. The molecule has 0 bridgehead atoms. The molecular formula is C21H25N4OS+. The molecule has 3 aromatic rings. The number of aromatic nitrogens is 3. The van der Waals surface area contributed by atoms with Crippen molar-refractivity contribution in [1.82, 2.24) is 14.3 Å². The summed E-state index contributed by atoms with van der Waals surface area (Å²) in [6.45, 7) is 3.19. The normalized spacial score (nSPS) is 15.0. The van der Waals surface area contributed by atoms with Crippen molar-refractivity contribution in [2.45, 2.75) is 25.9 Å². The largest absolute Gasteiger partial charge is 0.497 e. The molecule has 0 unspecified atom stereocenters. The Labute approximate surface area is 164 Å². The number of piperidine rings is 1. The van der Waals surface area contributed by atoms with Gasteiger partial charge < -0.3 is 9.64 Å². The van der Waals surface area contributed by atoms with Crippen LogP contribution in [0.5, 0.6) is 5.75 Å². The molecule has 1 saturated heterocycles. The molecular weight excluding hydrogens is 356 g/mol. The number of benzene rings is 2. The summed E-state index contributed by atoms with van der Waals surface area (Å²) in [6, 6.07) is 18.2. The first-order valence-electron chi connectivity index (χ1n) is 9.49. The van der Waals surface area contributed by atoms with E-state index in [-0.39, 0.29) is 0 Å². The van der Waals surface area contributed by atoms with E-state index in [2.05, 4.69) is 22.8 Å². The van der Waals surface area contributed by atoms with Gasteiger partial charge >= 0.3 is 0 Å². The number of quaternary nitrogens is 1. The molecule has 1 fully saturated rings. The summed E-state index contributed by atoms with van der Waals surface area (Å²) in [4.78, 5) is 1.55. The van der Waals surface area contributed by atoms with Gasteiger partial charge in [-0.3, -0.25) is 4.57 Å². The number of para-hydroxylation sites is 1. The maximum atomic E-state index is 5.84. The third-order valence-electron chi connectivity index (χ3n) is 5.12. The Balaban J connectivity index is 1.80. The third-order valence-corrected chi connectivity index (χ3v) is 5.51. The standard InChI is InChI=1S/C21H24N4OS/c1-26-19-12-8-9-17(15-19)20-22-24(16-23-13-6-3-7-14-23)21(27)25(20)18-10-4-2-5-11-18/h2,4-5,8-12,15H,3,6-7,13-14,16H2,1H3/p+1. The van der Waals surface area contributed by atoms with E-state index in [0.717, 1.165) is 34.3 Å². The number of likely N-dealkylation sites (tertiary alicyclic amines) is 1.